The topological polar surface area (TPSA) is 27.0 Å². The van der Waals surface area contributed by atoms with Gasteiger partial charge in [0, 0.05) is 0 Å². The van der Waals surface area contributed by atoms with Crippen molar-refractivity contribution in [2.24, 2.45) is 11.8 Å². The summed E-state index contributed by atoms with van der Waals surface area (Å²) in [6.07, 6.45) is 6.39. The van der Waals surface area contributed by atoms with Crippen LogP contribution < -0.4 is 0 Å². The summed E-state index contributed by atoms with van der Waals surface area (Å²) in [4.78, 5) is 2.53. The fourth-order valence-electron chi connectivity index (χ4n) is 4.81. The van der Waals surface area contributed by atoms with Crippen molar-refractivity contribution < 1.29 is 13.2 Å². The minimum absolute atomic E-state index is 0.271. The molecular formula is C27H39F3N2. The number of piperidine rings is 1. The number of halogens is 3. The molecule has 1 aliphatic heterocycles. The molecule has 32 heavy (non-hydrogen) atoms. The van der Waals surface area contributed by atoms with E-state index in [-0.39, 0.29) is 5.92 Å². The van der Waals surface area contributed by atoms with Crippen molar-refractivity contribution in [2.75, 3.05) is 19.6 Å². The van der Waals surface area contributed by atoms with E-state index in [1.54, 1.807) is 6.07 Å². The van der Waals surface area contributed by atoms with Gasteiger partial charge in [0.15, 0.2) is 0 Å². The summed E-state index contributed by atoms with van der Waals surface area (Å²) in [6.45, 7) is 10.9. The molecular weight excluding hydrogens is 409 g/mol. The molecule has 1 aliphatic carbocycles. The number of hydrogen-bond donors (Lipinski definition) is 0. The summed E-state index contributed by atoms with van der Waals surface area (Å²) in [5.74, 6) is 2.04. The van der Waals surface area contributed by atoms with Gasteiger partial charge in [-0.15, -0.1) is 0 Å². The molecule has 178 valence electrons. The predicted octanol–water partition coefficient (Wildman–Crippen LogP) is 7.97. The predicted molar refractivity (Wildman–Crippen MR) is 125 cm³/mol. The largest absolute Gasteiger partial charge is 0.416 e. The number of nitriles is 1. The van der Waals surface area contributed by atoms with Crippen LogP contribution in [0.25, 0.3) is 0 Å². The Bertz CT molecular complexity index is 742. The Balaban J connectivity index is 0.000000534. The number of nitrogens with zero attached hydrogens (tertiary/aromatic N) is 2. The van der Waals surface area contributed by atoms with Crippen LogP contribution in [-0.2, 0) is 6.18 Å². The highest BCUT2D eigenvalue weighted by molar-refractivity contribution is 5.28. The van der Waals surface area contributed by atoms with E-state index in [0.717, 1.165) is 55.4 Å². The first-order chi connectivity index (χ1) is 15.2. The molecule has 1 saturated carbocycles. The molecule has 0 spiro atoms. The lowest BCUT2D eigenvalue weighted by molar-refractivity contribution is -0.137. The maximum absolute atomic E-state index is 12.9. The summed E-state index contributed by atoms with van der Waals surface area (Å²) in [6, 6.07) is 7.91. The van der Waals surface area contributed by atoms with Crippen LogP contribution in [-0.4, -0.2) is 24.5 Å². The van der Waals surface area contributed by atoms with Gasteiger partial charge in [0.25, 0.3) is 0 Å². The molecule has 5 heteroatoms. The maximum atomic E-state index is 12.9. The molecule has 0 bridgehead atoms. The van der Waals surface area contributed by atoms with E-state index in [1.807, 2.05) is 19.1 Å². The van der Waals surface area contributed by atoms with Gasteiger partial charge in [-0.2, -0.15) is 18.4 Å². The van der Waals surface area contributed by atoms with Crippen LogP contribution in [0, 0.1) is 23.2 Å². The van der Waals surface area contributed by atoms with Gasteiger partial charge in [-0.25, -0.2) is 0 Å². The van der Waals surface area contributed by atoms with Crippen LogP contribution in [0.5, 0.6) is 0 Å². The molecule has 0 amide bonds. The van der Waals surface area contributed by atoms with Crippen molar-refractivity contribution in [1.82, 2.24) is 4.90 Å². The van der Waals surface area contributed by atoms with E-state index < -0.39 is 11.7 Å². The quantitative estimate of drug-likeness (QED) is 0.337. The molecule has 0 aromatic heterocycles. The van der Waals surface area contributed by atoms with Crippen molar-refractivity contribution in [1.29, 1.82) is 5.26 Å². The number of likely N-dealkylation sites (tertiary alicyclic amines) is 1. The monoisotopic (exact) mass is 448 g/mol. The van der Waals surface area contributed by atoms with E-state index in [9.17, 15) is 13.2 Å². The number of rotatable bonds is 5. The third-order valence-electron chi connectivity index (χ3n) is 6.88. The van der Waals surface area contributed by atoms with Gasteiger partial charge >= 0.3 is 6.18 Å². The third kappa shape index (κ3) is 9.36. The standard InChI is InChI=1S/C22H32F3N.C5H7N/c1-17-4-2-5-18(9-8-17)10-13-26-14-11-19(12-15-26)20-6-3-7-21(16-20)22(23,24)25;1-5(2)3-4-6/h3,6-7,16-19H,2,4-5,8-15H2,1H3;1,3H2,2H3/t17?,18-;/m1./s1. The van der Waals surface area contributed by atoms with E-state index in [4.69, 9.17) is 5.26 Å². The highest BCUT2D eigenvalue weighted by Crippen LogP contribution is 2.34. The average Bonchev–Trinajstić information content (AvgIpc) is 2.96. The second-order valence-corrected chi connectivity index (χ2v) is 9.80. The van der Waals surface area contributed by atoms with Gasteiger partial charge in [0.05, 0.1) is 18.1 Å². The van der Waals surface area contributed by atoms with Crippen molar-refractivity contribution >= 4 is 0 Å². The fourth-order valence-corrected chi connectivity index (χ4v) is 4.81. The molecule has 2 nitrogen and oxygen atoms in total. The first-order valence-electron chi connectivity index (χ1n) is 12.1. The molecule has 0 N–H and O–H groups in total. The van der Waals surface area contributed by atoms with Gasteiger partial charge < -0.3 is 4.90 Å². The molecule has 1 aromatic rings. The van der Waals surface area contributed by atoms with Crippen LogP contribution in [0.4, 0.5) is 13.2 Å². The number of benzene rings is 1. The number of allylic oxidation sites excluding steroid dienone is 1. The lowest BCUT2D eigenvalue weighted by atomic mass is 9.88. The van der Waals surface area contributed by atoms with Gasteiger partial charge in [0.2, 0.25) is 0 Å². The van der Waals surface area contributed by atoms with Crippen molar-refractivity contribution in [3.05, 3.63) is 47.5 Å². The molecule has 2 aliphatic rings. The fraction of sp³-hybridized carbons (Fsp3) is 0.667. The van der Waals surface area contributed by atoms with E-state index >= 15 is 0 Å². The summed E-state index contributed by atoms with van der Waals surface area (Å²) < 4.78 is 38.8. The Morgan fingerprint density at radius 1 is 1.12 bits per heavy atom. The second kappa shape index (κ2) is 13.0. The highest BCUT2D eigenvalue weighted by Gasteiger charge is 2.31. The van der Waals surface area contributed by atoms with Crippen LogP contribution in [0.15, 0.2) is 36.4 Å². The Kier molecular flexibility index (Phi) is 10.8. The van der Waals surface area contributed by atoms with Crippen molar-refractivity contribution in [2.45, 2.75) is 83.7 Å². The molecule has 0 radical (unpaired) electrons. The Morgan fingerprint density at radius 2 is 1.84 bits per heavy atom. The SMILES string of the molecule is C=C(C)CC#N.CC1CCC[C@@H](CCN2CCC(c3cccc(C(F)(F)F)c3)CC2)CC1. The Hall–Kier alpha value is -1.80. The van der Waals surface area contributed by atoms with E-state index in [2.05, 4.69) is 18.4 Å². The van der Waals surface area contributed by atoms with Crippen molar-refractivity contribution in [3.8, 4) is 6.07 Å². The Labute approximate surface area is 192 Å². The van der Waals surface area contributed by atoms with Crippen LogP contribution in [0.1, 0.15) is 88.7 Å². The molecule has 1 saturated heterocycles. The first-order valence-corrected chi connectivity index (χ1v) is 12.1. The lowest BCUT2D eigenvalue weighted by Crippen LogP contribution is -2.34. The summed E-state index contributed by atoms with van der Waals surface area (Å²) >= 11 is 0. The molecule has 3 rings (SSSR count). The average molecular weight is 449 g/mol. The van der Waals surface area contributed by atoms with Gasteiger partial charge in [-0.05, 0) is 75.2 Å². The second-order valence-electron chi connectivity index (χ2n) is 9.80. The van der Waals surface area contributed by atoms with E-state index in [0.29, 0.717) is 6.42 Å². The third-order valence-corrected chi connectivity index (χ3v) is 6.88. The number of alkyl halides is 3. The molecule has 1 unspecified atom stereocenters. The van der Waals surface area contributed by atoms with Gasteiger partial charge in [-0.3, -0.25) is 0 Å². The molecule has 1 heterocycles. The van der Waals surface area contributed by atoms with Gasteiger partial charge in [0.1, 0.15) is 0 Å². The zero-order valence-corrected chi connectivity index (χ0v) is 19.8. The maximum Gasteiger partial charge on any atom is 0.416 e. The summed E-state index contributed by atoms with van der Waals surface area (Å²) in [7, 11) is 0. The number of hydrogen-bond acceptors (Lipinski definition) is 2. The highest BCUT2D eigenvalue weighted by atomic mass is 19.4. The smallest absolute Gasteiger partial charge is 0.303 e. The zero-order valence-electron chi connectivity index (χ0n) is 19.8. The lowest BCUT2D eigenvalue weighted by Gasteiger charge is -2.33. The van der Waals surface area contributed by atoms with Crippen molar-refractivity contribution in [3.63, 3.8) is 0 Å². The first kappa shape index (κ1) is 26.5. The Morgan fingerprint density at radius 3 is 2.44 bits per heavy atom. The zero-order chi connectivity index (χ0) is 23.6. The molecule has 2 atom stereocenters. The van der Waals surface area contributed by atoms with Crippen LogP contribution in [0.3, 0.4) is 0 Å². The van der Waals surface area contributed by atoms with E-state index in [1.165, 1.54) is 50.7 Å². The normalized spacial score (nSPS) is 22.9. The summed E-state index contributed by atoms with van der Waals surface area (Å²) in [5, 5.41) is 7.93. The minimum atomic E-state index is -4.24. The molecule has 2 fully saturated rings. The van der Waals surface area contributed by atoms with Crippen LogP contribution >= 0.6 is 0 Å². The molecule has 1 aromatic carbocycles. The van der Waals surface area contributed by atoms with Gasteiger partial charge in [-0.1, -0.05) is 69.4 Å². The summed E-state index contributed by atoms with van der Waals surface area (Å²) in [5.41, 5.74) is 1.27. The van der Waals surface area contributed by atoms with Crippen LogP contribution in [0.2, 0.25) is 0 Å². The minimum Gasteiger partial charge on any atom is -0.303 e.